The highest BCUT2D eigenvalue weighted by Gasteiger charge is 2.23. The van der Waals surface area contributed by atoms with Crippen LogP contribution in [0.3, 0.4) is 0 Å². The summed E-state index contributed by atoms with van der Waals surface area (Å²) >= 11 is 1.50. The Morgan fingerprint density at radius 1 is 1.16 bits per heavy atom. The standard InChI is InChI=1S/C25H25NO5S/c1-14-4-7-23-17(8-14)10-24(32-23)25(28)29-12-20(27)19-9-15(2)26(16(19)3)18-5-6-21-22(11-18)31-13-30-21/h5-6,9-11,14H,4,7-8,12-13H2,1-3H3/t14-/m1/s1. The molecule has 0 saturated heterocycles. The van der Waals surface area contributed by atoms with Crippen LogP contribution in [0.25, 0.3) is 5.69 Å². The molecular formula is C25H25NO5S. The number of ketones is 1. The highest BCUT2D eigenvalue weighted by molar-refractivity contribution is 7.14. The maximum Gasteiger partial charge on any atom is 0.348 e. The highest BCUT2D eigenvalue weighted by atomic mass is 32.1. The molecule has 2 aromatic heterocycles. The number of hydrogen-bond donors (Lipinski definition) is 0. The largest absolute Gasteiger partial charge is 0.454 e. The van der Waals surface area contributed by atoms with Crippen LogP contribution in [0.4, 0.5) is 0 Å². The predicted octanol–water partition coefficient (Wildman–Crippen LogP) is 5.05. The van der Waals surface area contributed by atoms with E-state index in [0.29, 0.717) is 27.9 Å². The molecular weight excluding hydrogens is 426 g/mol. The van der Waals surface area contributed by atoms with E-state index in [2.05, 4.69) is 6.92 Å². The van der Waals surface area contributed by atoms with E-state index in [4.69, 9.17) is 14.2 Å². The van der Waals surface area contributed by atoms with Crippen molar-refractivity contribution in [3.8, 4) is 17.2 Å². The van der Waals surface area contributed by atoms with Crippen LogP contribution in [0, 0.1) is 19.8 Å². The molecule has 0 saturated carbocycles. The van der Waals surface area contributed by atoms with Crippen molar-refractivity contribution in [2.75, 3.05) is 13.4 Å². The molecule has 1 aromatic carbocycles. The number of carbonyl (C=O) groups is 2. The number of carbonyl (C=O) groups excluding carboxylic acids is 2. The Balaban J connectivity index is 1.30. The Hall–Kier alpha value is -3.06. The number of thiophene rings is 1. The number of aryl methyl sites for hydroxylation is 2. The van der Waals surface area contributed by atoms with Crippen LogP contribution in [0.5, 0.6) is 11.5 Å². The van der Waals surface area contributed by atoms with Crippen molar-refractivity contribution >= 4 is 23.1 Å². The Labute approximate surface area is 190 Å². The van der Waals surface area contributed by atoms with Crippen molar-refractivity contribution in [3.63, 3.8) is 0 Å². The fraction of sp³-hybridized carbons (Fsp3) is 0.360. The minimum atomic E-state index is -0.421. The lowest BCUT2D eigenvalue weighted by Crippen LogP contribution is -2.14. The predicted molar refractivity (Wildman–Crippen MR) is 121 cm³/mol. The van der Waals surface area contributed by atoms with Crippen LogP contribution in [0.2, 0.25) is 0 Å². The average Bonchev–Trinajstić information content (AvgIpc) is 3.48. The molecule has 5 rings (SSSR count). The summed E-state index contributed by atoms with van der Waals surface area (Å²) in [6, 6.07) is 9.47. The molecule has 0 bridgehead atoms. The van der Waals surface area contributed by atoms with Gasteiger partial charge in [0, 0.05) is 33.6 Å². The fourth-order valence-electron chi connectivity index (χ4n) is 4.55. The van der Waals surface area contributed by atoms with Crippen LogP contribution >= 0.6 is 11.3 Å². The summed E-state index contributed by atoms with van der Waals surface area (Å²) in [5, 5.41) is 0. The second kappa shape index (κ2) is 8.13. The topological polar surface area (TPSA) is 66.8 Å². The minimum Gasteiger partial charge on any atom is -0.454 e. The first kappa shape index (κ1) is 20.8. The van der Waals surface area contributed by atoms with E-state index >= 15 is 0 Å². The summed E-state index contributed by atoms with van der Waals surface area (Å²) in [6.45, 7) is 6.00. The normalized spacial score (nSPS) is 16.7. The lowest BCUT2D eigenvalue weighted by atomic mass is 9.90. The number of rotatable bonds is 5. The van der Waals surface area contributed by atoms with Crippen LogP contribution in [-0.2, 0) is 17.6 Å². The maximum absolute atomic E-state index is 12.9. The number of aromatic nitrogens is 1. The van der Waals surface area contributed by atoms with Gasteiger partial charge in [-0.3, -0.25) is 4.79 Å². The second-order valence-corrected chi connectivity index (χ2v) is 9.70. The zero-order valence-corrected chi connectivity index (χ0v) is 19.2. The quantitative estimate of drug-likeness (QED) is 0.401. The van der Waals surface area contributed by atoms with Crippen molar-refractivity contribution in [2.24, 2.45) is 5.92 Å². The lowest BCUT2D eigenvalue weighted by molar-refractivity contribution is 0.0479. The van der Waals surface area contributed by atoms with Crippen LogP contribution in [0.1, 0.15) is 55.2 Å². The van der Waals surface area contributed by atoms with Crippen LogP contribution < -0.4 is 9.47 Å². The third-order valence-electron chi connectivity index (χ3n) is 6.21. The van der Waals surface area contributed by atoms with E-state index in [1.807, 2.05) is 48.7 Å². The summed E-state index contributed by atoms with van der Waals surface area (Å²) in [4.78, 5) is 27.3. The Bertz CT molecular complexity index is 1220. The number of fused-ring (bicyclic) bond motifs is 2. The van der Waals surface area contributed by atoms with E-state index in [9.17, 15) is 9.59 Å². The molecule has 0 spiro atoms. The van der Waals surface area contributed by atoms with Gasteiger partial charge in [0.1, 0.15) is 4.88 Å². The van der Waals surface area contributed by atoms with Gasteiger partial charge in [0.05, 0.1) is 0 Å². The number of ether oxygens (including phenoxy) is 3. The molecule has 1 atom stereocenters. The lowest BCUT2D eigenvalue weighted by Gasteiger charge is -2.16. The number of hydrogen-bond acceptors (Lipinski definition) is 6. The molecule has 1 aliphatic heterocycles. The third kappa shape index (κ3) is 3.71. The molecule has 0 unspecified atom stereocenters. The van der Waals surface area contributed by atoms with E-state index in [-0.39, 0.29) is 19.2 Å². The molecule has 2 aliphatic rings. The summed E-state index contributed by atoms with van der Waals surface area (Å²) in [6.07, 6.45) is 3.17. The molecule has 166 valence electrons. The Morgan fingerprint density at radius 3 is 2.81 bits per heavy atom. The molecule has 0 fully saturated rings. The van der Waals surface area contributed by atoms with Gasteiger partial charge in [-0.1, -0.05) is 6.92 Å². The number of benzene rings is 1. The average molecular weight is 452 g/mol. The van der Waals surface area contributed by atoms with E-state index in [1.165, 1.54) is 21.8 Å². The second-order valence-electron chi connectivity index (χ2n) is 8.56. The van der Waals surface area contributed by atoms with Crippen molar-refractivity contribution in [1.82, 2.24) is 4.57 Å². The van der Waals surface area contributed by atoms with Crippen LogP contribution in [-0.4, -0.2) is 29.7 Å². The van der Waals surface area contributed by atoms with Gasteiger partial charge >= 0.3 is 5.97 Å². The molecule has 0 radical (unpaired) electrons. The summed E-state index contributed by atoms with van der Waals surface area (Å²) in [5.74, 6) is 1.40. The zero-order chi connectivity index (χ0) is 22.4. The van der Waals surface area contributed by atoms with Gasteiger partial charge in [0.25, 0.3) is 0 Å². The maximum atomic E-state index is 12.9. The van der Waals surface area contributed by atoms with Gasteiger partial charge in [0.2, 0.25) is 12.6 Å². The molecule has 1 aliphatic carbocycles. The zero-order valence-electron chi connectivity index (χ0n) is 18.4. The SMILES string of the molecule is Cc1cc(C(=O)COC(=O)c2cc3c(s2)CC[C@@H](C)C3)c(C)n1-c1ccc2c(c1)OCO2. The first-order chi connectivity index (χ1) is 15.4. The van der Waals surface area contributed by atoms with Crippen LogP contribution in [0.15, 0.2) is 30.3 Å². The molecule has 7 heteroatoms. The molecule has 3 aromatic rings. The van der Waals surface area contributed by atoms with Crippen molar-refractivity contribution in [2.45, 2.75) is 40.0 Å². The monoisotopic (exact) mass is 451 g/mol. The summed E-state index contributed by atoms with van der Waals surface area (Å²) in [7, 11) is 0. The van der Waals surface area contributed by atoms with Crippen molar-refractivity contribution in [3.05, 3.63) is 62.6 Å². The fourth-order valence-corrected chi connectivity index (χ4v) is 5.66. The van der Waals surface area contributed by atoms with E-state index in [0.717, 1.165) is 36.3 Å². The summed E-state index contributed by atoms with van der Waals surface area (Å²) in [5.41, 5.74) is 4.39. The Kier molecular flexibility index (Phi) is 5.29. The molecule has 3 heterocycles. The van der Waals surface area contributed by atoms with E-state index in [1.54, 1.807) is 0 Å². The summed E-state index contributed by atoms with van der Waals surface area (Å²) < 4.78 is 18.2. The van der Waals surface area contributed by atoms with Gasteiger partial charge in [-0.2, -0.15) is 0 Å². The van der Waals surface area contributed by atoms with Gasteiger partial charge in [0.15, 0.2) is 18.1 Å². The molecule has 0 N–H and O–H groups in total. The number of nitrogens with zero attached hydrogens (tertiary/aromatic N) is 1. The van der Waals surface area contributed by atoms with Gasteiger partial charge in [-0.05, 0) is 68.9 Å². The van der Waals surface area contributed by atoms with Gasteiger partial charge in [-0.15, -0.1) is 11.3 Å². The molecule has 0 amide bonds. The number of Topliss-reactive ketones (excluding diaryl/α,β-unsaturated/α-hetero) is 1. The molecule has 6 nitrogen and oxygen atoms in total. The van der Waals surface area contributed by atoms with Crippen molar-refractivity contribution in [1.29, 1.82) is 0 Å². The first-order valence-electron chi connectivity index (χ1n) is 10.8. The Morgan fingerprint density at radius 2 is 1.97 bits per heavy atom. The van der Waals surface area contributed by atoms with Crippen molar-refractivity contribution < 1.29 is 23.8 Å². The number of esters is 1. The van der Waals surface area contributed by atoms with E-state index < -0.39 is 5.97 Å². The first-order valence-corrected chi connectivity index (χ1v) is 11.6. The van der Waals surface area contributed by atoms with Gasteiger partial charge in [-0.25, -0.2) is 4.79 Å². The minimum absolute atomic E-state index is 0.212. The highest BCUT2D eigenvalue weighted by Crippen LogP contribution is 2.35. The van der Waals surface area contributed by atoms with Gasteiger partial charge < -0.3 is 18.8 Å². The smallest absolute Gasteiger partial charge is 0.348 e. The third-order valence-corrected chi connectivity index (χ3v) is 7.43. The molecule has 32 heavy (non-hydrogen) atoms.